The Kier molecular flexibility index (Phi) is 2.86. The summed E-state index contributed by atoms with van der Waals surface area (Å²) in [4.78, 5) is 11.2. The Labute approximate surface area is 102 Å². The largest absolute Gasteiger partial charge is 0.325 e. The SMILES string of the molecule is O=C1Cc2cc(Cl)cc(CS(=O)(=O)Cl)c2N1. The highest BCUT2D eigenvalue weighted by Crippen LogP contribution is 2.32. The zero-order valence-electron chi connectivity index (χ0n) is 7.96. The first kappa shape index (κ1) is 11.7. The fourth-order valence-electron chi connectivity index (χ4n) is 1.68. The molecule has 1 aliphatic heterocycles. The van der Waals surface area contributed by atoms with Gasteiger partial charge < -0.3 is 5.32 Å². The zero-order chi connectivity index (χ0) is 11.9. The van der Waals surface area contributed by atoms with E-state index in [9.17, 15) is 13.2 Å². The minimum Gasteiger partial charge on any atom is -0.325 e. The van der Waals surface area contributed by atoms with Crippen LogP contribution in [0.2, 0.25) is 5.02 Å². The lowest BCUT2D eigenvalue weighted by molar-refractivity contribution is -0.115. The molecule has 0 bridgehead atoms. The average molecular weight is 280 g/mol. The number of halogens is 2. The molecule has 0 saturated heterocycles. The molecule has 1 aromatic carbocycles. The van der Waals surface area contributed by atoms with Gasteiger partial charge in [0.25, 0.3) is 0 Å². The highest BCUT2D eigenvalue weighted by molar-refractivity contribution is 8.13. The van der Waals surface area contributed by atoms with Crippen molar-refractivity contribution in [2.24, 2.45) is 0 Å². The maximum Gasteiger partial charge on any atom is 0.236 e. The summed E-state index contributed by atoms with van der Waals surface area (Å²) in [5.41, 5.74) is 1.63. The van der Waals surface area contributed by atoms with Crippen molar-refractivity contribution in [3.63, 3.8) is 0 Å². The summed E-state index contributed by atoms with van der Waals surface area (Å²) in [7, 11) is 1.50. The molecule has 2 rings (SSSR count). The second kappa shape index (κ2) is 3.91. The second-order valence-corrected chi connectivity index (χ2v) is 6.72. The zero-order valence-corrected chi connectivity index (χ0v) is 10.3. The highest BCUT2D eigenvalue weighted by Gasteiger charge is 2.23. The van der Waals surface area contributed by atoms with Gasteiger partial charge >= 0.3 is 0 Å². The summed E-state index contributed by atoms with van der Waals surface area (Å²) in [5.74, 6) is -0.525. The van der Waals surface area contributed by atoms with Crippen molar-refractivity contribution in [3.05, 3.63) is 28.3 Å². The van der Waals surface area contributed by atoms with E-state index >= 15 is 0 Å². The van der Waals surface area contributed by atoms with Crippen LogP contribution in [0.3, 0.4) is 0 Å². The van der Waals surface area contributed by atoms with Gasteiger partial charge in [0, 0.05) is 21.4 Å². The number of fused-ring (bicyclic) bond motifs is 1. The molecule has 0 radical (unpaired) electrons. The Balaban J connectivity index is 2.51. The van der Waals surface area contributed by atoms with E-state index < -0.39 is 9.05 Å². The molecule has 0 unspecified atom stereocenters. The van der Waals surface area contributed by atoms with Crippen LogP contribution in [0.4, 0.5) is 5.69 Å². The molecule has 1 amide bonds. The van der Waals surface area contributed by atoms with Crippen LogP contribution in [-0.4, -0.2) is 14.3 Å². The maximum absolute atomic E-state index is 11.2. The quantitative estimate of drug-likeness (QED) is 0.841. The average Bonchev–Trinajstić information content (AvgIpc) is 2.42. The van der Waals surface area contributed by atoms with Crippen molar-refractivity contribution < 1.29 is 13.2 Å². The Morgan fingerprint density at radius 2 is 2.06 bits per heavy atom. The lowest BCUT2D eigenvalue weighted by Crippen LogP contribution is -2.06. The summed E-state index contributed by atoms with van der Waals surface area (Å²) < 4.78 is 22.0. The summed E-state index contributed by atoms with van der Waals surface area (Å²) in [6.45, 7) is 0. The third kappa shape index (κ3) is 2.48. The van der Waals surface area contributed by atoms with Crippen LogP contribution in [0, 0.1) is 0 Å². The van der Waals surface area contributed by atoms with E-state index in [4.69, 9.17) is 22.3 Å². The van der Waals surface area contributed by atoms with Crippen molar-refractivity contribution >= 4 is 42.9 Å². The van der Waals surface area contributed by atoms with Gasteiger partial charge in [0.15, 0.2) is 0 Å². The molecule has 0 atom stereocenters. The van der Waals surface area contributed by atoms with Crippen molar-refractivity contribution in [2.75, 3.05) is 5.32 Å². The first-order valence-electron chi connectivity index (χ1n) is 4.38. The molecule has 1 aromatic rings. The number of carbonyl (C=O) groups excluding carboxylic acids is 1. The van der Waals surface area contributed by atoms with Crippen molar-refractivity contribution in [1.29, 1.82) is 0 Å². The van der Waals surface area contributed by atoms with Crippen LogP contribution in [0.25, 0.3) is 0 Å². The number of hydrogen-bond acceptors (Lipinski definition) is 3. The number of rotatable bonds is 2. The van der Waals surface area contributed by atoms with Gasteiger partial charge in [-0.1, -0.05) is 11.6 Å². The van der Waals surface area contributed by atoms with Gasteiger partial charge in [0.1, 0.15) is 0 Å². The van der Waals surface area contributed by atoms with Crippen LogP contribution in [0.1, 0.15) is 11.1 Å². The summed E-state index contributed by atoms with van der Waals surface area (Å²) in [5, 5.41) is 2.99. The van der Waals surface area contributed by atoms with E-state index in [0.29, 0.717) is 21.8 Å². The molecule has 0 spiro atoms. The van der Waals surface area contributed by atoms with Crippen molar-refractivity contribution in [3.8, 4) is 0 Å². The molecule has 0 saturated carbocycles. The Bertz CT molecular complexity index is 568. The fraction of sp³-hybridized carbons (Fsp3) is 0.222. The van der Waals surface area contributed by atoms with Crippen LogP contribution in [0.5, 0.6) is 0 Å². The number of carbonyl (C=O) groups is 1. The van der Waals surface area contributed by atoms with E-state index in [-0.39, 0.29) is 18.1 Å². The van der Waals surface area contributed by atoms with Crippen LogP contribution < -0.4 is 5.32 Å². The minimum atomic E-state index is -3.67. The first-order chi connectivity index (χ1) is 7.35. The molecule has 4 nitrogen and oxygen atoms in total. The van der Waals surface area contributed by atoms with Gasteiger partial charge in [-0.3, -0.25) is 4.79 Å². The fourth-order valence-corrected chi connectivity index (χ4v) is 2.90. The number of anilines is 1. The number of nitrogens with one attached hydrogen (secondary N) is 1. The van der Waals surface area contributed by atoms with Crippen LogP contribution in [0.15, 0.2) is 12.1 Å². The van der Waals surface area contributed by atoms with Gasteiger partial charge in [-0.15, -0.1) is 0 Å². The first-order valence-corrected chi connectivity index (χ1v) is 7.24. The Hall–Kier alpha value is -0.780. The smallest absolute Gasteiger partial charge is 0.236 e. The lowest BCUT2D eigenvalue weighted by Gasteiger charge is -2.07. The molecular formula is C9H7Cl2NO3S. The van der Waals surface area contributed by atoms with Gasteiger partial charge in [-0.05, 0) is 23.3 Å². The summed E-state index contributed by atoms with van der Waals surface area (Å²) >= 11 is 5.83. The van der Waals surface area contributed by atoms with Gasteiger partial charge in [-0.2, -0.15) is 0 Å². The molecule has 86 valence electrons. The molecule has 7 heteroatoms. The van der Waals surface area contributed by atoms with E-state index in [1.54, 1.807) is 6.07 Å². The van der Waals surface area contributed by atoms with E-state index in [1.807, 2.05) is 0 Å². The van der Waals surface area contributed by atoms with E-state index in [0.717, 1.165) is 0 Å². The lowest BCUT2D eigenvalue weighted by atomic mass is 10.1. The molecule has 1 aliphatic rings. The van der Waals surface area contributed by atoms with Crippen molar-refractivity contribution in [1.82, 2.24) is 0 Å². The van der Waals surface area contributed by atoms with Crippen LogP contribution in [-0.2, 0) is 26.0 Å². The molecular weight excluding hydrogens is 273 g/mol. The standard InChI is InChI=1S/C9H7Cl2NO3S/c10-7-1-5-3-8(13)12-9(5)6(2-7)4-16(11,14)15/h1-2H,3-4H2,(H,12,13). The molecule has 0 aliphatic carbocycles. The monoisotopic (exact) mass is 279 g/mol. The van der Waals surface area contributed by atoms with Crippen molar-refractivity contribution in [2.45, 2.75) is 12.2 Å². The third-order valence-electron chi connectivity index (χ3n) is 2.21. The third-order valence-corrected chi connectivity index (χ3v) is 3.41. The van der Waals surface area contributed by atoms with E-state index in [1.165, 1.54) is 6.07 Å². The molecule has 1 heterocycles. The predicted molar refractivity (Wildman–Crippen MR) is 62.3 cm³/mol. The summed E-state index contributed by atoms with van der Waals surface area (Å²) in [6.07, 6.45) is 0.214. The Morgan fingerprint density at radius 1 is 1.38 bits per heavy atom. The Morgan fingerprint density at radius 3 is 2.69 bits per heavy atom. The predicted octanol–water partition coefficient (Wildman–Crippen LogP) is 1.90. The molecule has 1 N–H and O–H groups in total. The number of amides is 1. The number of hydrogen-bond donors (Lipinski definition) is 1. The maximum atomic E-state index is 11.2. The summed E-state index contributed by atoms with van der Waals surface area (Å²) in [6, 6.07) is 3.13. The molecule has 0 fully saturated rings. The highest BCUT2D eigenvalue weighted by atomic mass is 35.7. The van der Waals surface area contributed by atoms with Gasteiger partial charge in [-0.25, -0.2) is 8.42 Å². The normalized spacial score (nSPS) is 14.8. The molecule has 0 aromatic heterocycles. The van der Waals surface area contributed by atoms with Gasteiger partial charge in [0.2, 0.25) is 15.0 Å². The van der Waals surface area contributed by atoms with Gasteiger partial charge in [0.05, 0.1) is 12.2 Å². The minimum absolute atomic E-state index is 0.175. The van der Waals surface area contributed by atoms with E-state index in [2.05, 4.69) is 5.32 Å². The number of benzene rings is 1. The second-order valence-electron chi connectivity index (χ2n) is 3.51. The topological polar surface area (TPSA) is 63.2 Å². The molecule has 16 heavy (non-hydrogen) atoms. The van der Waals surface area contributed by atoms with Crippen LogP contribution >= 0.6 is 22.3 Å².